The summed E-state index contributed by atoms with van der Waals surface area (Å²) >= 11 is 0. The first-order chi connectivity index (χ1) is 7.66. The second kappa shape index (κ2) is 3.84. The second-order valence-electron chi connectivity index (χ2n) is 7.43. The third kappa shape index (κ3) is 2.89. The number of rotatable bonds is 1. The highest BCUT2D eigenvalue weighted by molar-refractivity contribution is 5.17. The summed E-state index contributed by atoms with van der Waals surface area (Å²) in [4.78, 5) is 0. The maximum atomic E-state index is 6.24. The Morgan fingerprint density at radius 1 is 1.47 bits per heavy atom. The van der Waals surface area contributed by atoms with E-state index in [9.17, 15) is 0 Å². The van der Waals surface area contributed by atoms with Gasteiger partial charge in [-0.25, -0.2) is 0 Å². The monoisotopic (exact) mass is 235 g/mol. The molecule has 96 valence electrons. The van der Waals surface area contributed by atoms with Crippen molar-refractivity contribution in [3.63, 3.8) is 0 Å². The average molecular weight is 235 g/mol. The number of hydrogen-bond acceptors (Lipinski definition) is 2. The van der Waals surface area contributed by atoms with E-state index in [1.807, 2.05) is 0 Å². The lowest BCUT2D eigenvalue weighted by molar-refractivity contribution is 0.207. The van der Waals surface area contributed by atoms with Crippen LogP contribution in [0.4, 0.5) is 0 Å². The Morgan fingerprint density at radius 3 is 2.71 bits per heavy atom. The first kappa shape index (κ1) is 12.6. The van der Waals surface area contributed by atoms with Crippen LogP contribution >= 0.6 is 0 Å². The minimum Gasteiger partial charge on any atom is -0.323 e. The van der Waals surface area contributed by atoms with Crippen LogP contribution in [0.2, 0.25) is 0 Å². The van der Waals surface area contributed by atoms with E-state index >= 15 is 0 Å². The van der Waals surface area contributed by atoms with Gasteiger partial charge >= 0.3 is 0 Å². The molecule has 1 aromatic heterocycles. The van der Waals surface area contributed by atoms with E-state index in [1.165, 1.54) is 11.4 Å². The molecule has 0 aromatic carbocycles. The van der Waals surface area contributed by atoms with Crippen molar-refractivity contribution in [3.8, 4) is 0 Å². The van der Waals surface area contributed by atoms with Crippen LogP contribution in [0.3, 0.4) is 0 Å². The predicted octanol–water partition coefficient (Wildman–Crippen LogP) is 2.90. The second-order valence-corrected chi connectivity index (χ2v) is 7.43. The van der Waals surface area contributed by atoms with Crippen molar-refractivity contribution in [2.75, 3.05) is 0 Å². The van der Waals surface area contributed by atoms with Crippen LogP contribution in [-0.4, -0.2) is 9.78 Å². The molecule has 1 atom stereocenters. The van der Waals surface area contributed by atoms with Gasteiger partial charge in [0.1, 0.15) is 0 Å². The Kier molecular flexibility index (Phi) is 2.85. The first-order valence-corrected chi connectivity index (χ1v) is 6.49. The van der Waals surface area contributed by atoms with Crippen LogP contribution in [0.15, 0.2) is 6.07 Å². The number of aromatic nitrogens is 2. The molecule has 1 aliphatic heterocycles. The molecule has 0 amide bonds. The first-order valence-electron chi connectivity index (χ1n) is 6.49. The lowest BCUT2D eigenvalue weighted by Crippen LogP contribution is -2.33. The maximum Gasteiger partial charge on any atom is 0.0633 e. The van der Waals surface area contributed by atoms with Crippen LogP contribution < -0.4 is 5.73 Å². The molecule has 0 spiro atoms. The topological polar surface area (TPSA) is 43.8 Å². The molecule has 3 heteroatoms. The largest absolute Gasteiger partial charge is 0.323 e. The van der Waals surface area contributed by atoms with Crippen molar-refractivity contribution < 1.29 is 0 Å². The molecule has 3 nitrogen and oxygen atoms in total. The van der Waals surface area contributed by atoms with Gasteiger partial charge in [-0.05, 0) is 29.7 Å². The fraction of sp³-hybridized carbons (Fsp3) is 0.786. The molecule has 0 aliphatic carbocycles. The van der Waals surface area contributed by atoms with Gasteiger partial charge < -0.3 is 5.73 Å². The van der Waals surface area contributed by atoms with Gasteiger partial charge in [0.25, 0.3) is 0 Å². The van der Waals surface area contributed by atoms with Gasteiger partial charge in [0.15, 0.2) is 0 Å². The molecule has 2 N–H and O–H groups in total. The molecule has 0 fully saturated rings. The van der Waals surface area contributed by atoms with Crippen molar-refractivity contribution in [1.29, 1.82) is 0 Å². The molecular weight excluding hydrogens is 210 g/mol. The minimum atomic E-state index is 0.139. The molecule has 0 radical (unpaired) electrons. The summed E-state index contributed by atoms with van der Waals surface area (Å²) in [5.74, 6) is 0. The van der Waals surface area contributed by atoms with Gasteiger partial charge in [0.2, 0.25) is 0 Å². The summed E-state index contributed by atoms with van der Waals surface area (Å²) in [6.07, 6.45) is 2.06. The molecular formula is C14H25N3. The van der Waals surface area contributed by atoms with Gasteiger partial charge in [-0.3, -0.25) is 4.68 Å². The highest BCUT2D eigenvalue weighted by Crippen LogP contribution is 2.36. The number of nitrogens with zero attached hydrogens (tertiary/aromatic N) is 2. The molecule has 17 heavy (non-hydrogen) atoms. The summed E-state index contributed by atoms with van der Waals surface area (Å²) in [6, 6.07) is 2.34. The summed E-state index contributed by atoms with van der Waals surface area (Å²) in [7, 11) is 0. The van der Waals surface area contributed by atoms with Crippen LogP contribution in [-0.2, 0) is 13.0 Å². The molecule has 2 rings (SSSR count). The lowest BCUT2D eigenvalue weighted by Gasteiger charge is -2.34. The van der Waals surface area contributed by atoms with E-state index < -0.39 is 0 Å². The summed E-state index contributed by atoms with van der Waals surface area (Å²) < 4.78 is 2.12. The van der Waals surface area contributed by atoms with Gasteiger partial charge in [0, 0.05) is 12.6 Å². The fourth-order valence-electron chi connectivity index (χ4n) is 2.71. The summed E-state index contributed by atoms with van der Waals surface area (Å²) in [6.45, 7) is 12.3. The van der Waals surface area contributed by atoms with Crippen molar-refractivity contribution in [2.24, 2.45) is 16.6 Å². The fourth-order valence-corrected chi connectivity index (χ4v) is 2.71. The molecule has 0 saturated carbocycles. The molecule has 0 unspecified atom stereocenters. The van der Waals surface area contributed by atoms with Crippen molar-refractivity contribution in [1.82, 2.24) is 9.78 Å². The number of hydrogen-bond donors (Lipinski definition) is 1. The zero-order valence-corrected chi connectivity index (χ0v) is 11.7. The van der Waals surface area contributed by atoms with E-state index in [0.717, 1.165) is 19.4 Å². The SMILES string of the molecule is CC(C)(C)Cc1cc2n(n1)CC(C)(C)C[C@@H]2N. The van der Waals surface area contributed by atoms with Crippen molar-refractivity contribution in [2.45, 2.75) is 60.0 Å². The van der Waals surface area contributed by atoms with Crippen LogP contribution in [0, 0.1) is 10.8 Å². The zero-order valence-electron chi connectivity index (χ0n) is 11.7. The normalized spacial score (nSPS) is 23.5. The van der Waals surface area contributed by atoms with Gasteiger partial charge in [-0.1, -0.05) is 34.6 Å². The van der Waals surface area contributed by atoms with E-state index in [0.29, 0.717) is 0 Å². The molecule has 1 aliphatic rings. The average Bonchev–Trinajstić information content (AvgIpc) is 2.41. The number of nitrogens with two attached hydrogens (primary N) is 1. The minimum absolute atomic E-state index is 0.139. The highest BCUT2D eigenvalue weighted by atomic mass is 15.3. The van der Waals surface area contributed by atoms with Gasteiger partial charge in [-0.15, -0.1) is 0 Å². The summed E-state index contributed by atoms with van der Waals surface area (Å²) in [5.41, 5.74) is 9.17. The smallest absolute Gasteiger partial charge is 0.0633 e. The van der Waals surface area contributed by atoms with E-state index in [1.54, 1.807) is 0 Å². The van der Waals surface area contributed by atoms with E-state index in [4.69, 9.17) is 10.8 Å². The van der Waals surface area contributed by atoms with Crippen molar-refractivity contribution >= 4 is 0 Å². The summed E-state index contributed by atoms with van der Waals surface area (Å²) in [5, 5.41) is 4.72. The third-order valence-electron chi connectivity index (χ3n) is 3.30. The molecule has 0 saturated heterocycles. The van der Waals surface area contributed by atoms with Crippen LogP contribution in [0.1, 0.15) is 58.5 Å². The van der Waals surface area contributed by atoms with E-state index in [-0.39, 0.29) is 16.9 Å². The molecule has 1 aromatic rings. The van der Waals surface area contributed by atoms with Crippen LogP contribution in [0.25, 0.3) is 0 Å². The standard InChI is InChI=1S/C14H25N3/c1-13(2,3)7-10-6-12-11(15)8-14(4,5)9-17(12)16-10/h6,11H,7-9,15H2,1-5H3/t11-/m0/s1. The Labute approximate surface area is 104 Å². The molecule has 0 bridgehead atoms. The Hall–Kier alpha value is -0.830. The maximum absolute atomic E-state index is 6.24. The van der Waals surface area contributed by atoms with Gasteiger partial charge in [0.05, 0.1) is 11.4 Å². The van der Waals surface area contributed by atoms with E-state index in [2.05, 4.69) is 45.4 Å². The Balaban J connectivity index is 2.27. The Morgan fingerprint density at radius 2 is 2.12 bits per heavy atom. The third-order valence-corrected chi connectivity index (χ3v) is 3.30. The highest BCUT2D eigenvalue weighted by Gasteiger charge is 2.32. The van der Waals surface area contributed by atoms with Crippen molar-refractivity contribution in [3.05, 3.63) is 17.5 Å². The predicted molar refractivity (Wildman–Crippen MR) is 70.7 cm³/mol. The molecule has 2 heterocycles. The van der Waals surface area contributed by atoms with Gasteiger partial charge in [-0.2, -0.15) is 5.10 Å². The lowest BCUT2D eigenvalue weighted by atomic mass is 9.82. The Bertz CT molecular complexity index is 410. The number of fused-ring (bicyclic) bond motifs is 1. The van der Waals surface area contributed by atoms with Crippen LogP contribution in [0.5, 0.6) is 0 Å². The zero-order chi connectivity index (χ0) is 12.8. The quantitative estimate of drug-likeness (QED) is 0.813.